The lowest BCUT2D eigenvalue weighted by Gasteiger charge is -2.23. The Hall–Kier alpha value is -1.96. The largest absolute Gasteiger partial charge is 0.480 e. The van der Waals surface area contributed by atoms with E-state index in [-0.39, 0.29) is 18.9 Å². The minimum atomic E-state index is -1.19. The van der Waals surface area contributed by atoms with Crippen molar-refractivity contribution >= 4 is 23.7 Å². The zero-order chi connectivity index (χ0) is 13.7. The first kappa shape index (κ1) is 14.1. The molecular weight excluding hydrogens is 242 g/mol. The number of piperidine rings is 1. The molecule has 0 aromatic heterocycles. The summed E-state index contributed by atoms with van der Waals surface area (Å²) in [7, 11) is 0. The van der Waals surface area contributed by atoms with Gasteiger partial charge in [0.05, 0.1) is 6.04 Å². The molecule has 0 radical (unpaired) electrons. The lowest BCUT2D eigenvalue weighted by Crippen LogP contribution is -2.55. The van der Waals surface area contributed by atoms with Gasteiger partial charge < -0.3 is 15.7 Å². The minimum absolute atomic E-state index is 0.0822. The Morgan fingerprint density at radius 2 is 2.17 bits per heavy atom. The number of rotatable bonds is 5. The molecule has 0 aliphatic carbocycles. The summed E-state index contributed by atoms with van der Waals surface area (Å²) >= 11 is 0. The van der Waals surface area contributed by atoms with Crippen LogP contribution in [0.1, 0.15) is 19.8 Å². The fraction of sp³-hybridized carbons (Fsp3) is 0.600. The van der Waals surface area contributed by atoms with Crippen molar-refractivity contribution in [1.29, 1.82) is 0 Å². The second-order valence-electron chi connectivity index (χ2n) is 4.00. The Labute approximate surface area is 103 Å². The van der Waals surface area contributed by atoms with Crippen molar-refractivity contribution < 1.29 is 24.3 Å². The molecule has 1 aliphatic heterocycles. The summed E-state index contributed by atoms with van der Waals surface area (Å²) in [6.45, 7) is 1.13. The number of hydrogen-bond donors (Lipinski definition) is 4. The number of aliphatic carboxylic acids is 1. The number of carbonyl (C=O) groups excluding carboxylic acids is 3. The van der Waals surface area contributed by atoms with E-state index in [2.05, 4.69) is 16.0 Å². The molecule has 0 bridgehead atoms. The Kier molecular flexibility index (Phi) is 4.78. The number of carboxylic acid groups (broad SMARTS) is 1. The number of imide groups is 1. The average molecular weight is 257 g/mol. The molecule has 1 aliphatic rings. The molecule has 0 spiro atoms. The van der Waals surface area contributed by atoms with Gasteiger partial charge in [-0.1, -0.05) is 0 Å². The van der Waals surface area contributed by atoms with Crippen LogP contribution >= 0.6 is 0 Å². The summed E-state index contributed by atoms with van der Waals surface area (Å²) in [5, 5.41) is 16.0. The quantitative estimate of drug-likeness (QED) is 0.421. The maximum atomic E-state index is 11.4. The standard InChI is InChI=1S/C10H15N3O5/c1-5(14)12-7(10(17)18)4-11-6-2-3-8(15)13-9(6)16/h6-7,11H,2-4H2,1H3,(H,12,14)(H,17,18)(H,13,15,16). The molecule has 1 saturated heterocycles. The second kappa shape index (κ2) is 6.10. The predicted molar refractivity (Wildman–Crippen MR) is 59.4 cm³/mol. The summed E-state index contributed by atoms with van der Waals surface area (Å²) in [5.74, 6) is -2.47. The molecule has 100 valence electrons. The molecule has 1 fully saturated rings. The second-order valence-corrected chi connectivity index (χ2v) is 4.00. The molecule has 18 heavy (non-hydrogen) atoms. The van der Waals surface area contributed by atoms with Crippen molar-refractivity contribution in [2.75, 3.05) is 6.54 Å². The summed E-state index contributed by atoms with van der Waals surface area (Å²) in [5.41, 5.74) is 0. The van der Waals surface area contributed by atoms with Crippen molar-refractivity contribution in [2.45, 2.75) is 31.8 Å². The number of nitrogens with one attached hydrogen (secondary N) is 3. The first-order chi connectivity index (χ1) is 8.40. The van der Waals surface area contributed by atoms with E-state index >= 15 is 0 Å². The average Bonchev–Trinajstić information content (AvgIpc) is 2.25. The van der Waals surface area contributed by atoms with E-state index in [9.17, 15) is 19.2 Å². The van der Waals surface area contributed by atoms with Crippen LogP contribution in [0.4, 0.5) is 0 Å². The van der Waals surface area contributed by atoms with E-state index in [1.165, 1.54) is 6.92 Å². The van der Waals surface area contributed by atoms with Gasteiger partial charge in [0.25, 0.3) is 0 Å². The molecule has 0 aromatic carbocycles. The molecule has 1 heterocycles. The molecule has 8 nitrogen and oxygen atoms in total. The molecule has 1 rings (SSSR count). The summed E-state index contributed by atoms with van der Waals surface area (Å²) in [6, 6.07) is -1.72. The fourth-order valence-corrected chi connectivity index (χ4v) is 1.59. The van der Waals surface area contributed by atoms with Crippen molar-refractivity contribution in [3.05, 3.63) is 0 Å². The Morgan fingerprint density at radius 3 is 2.67 bits per heavy atom. The van der Waals surface area contributed by atoms with E-state index in [1.807, 2.05) is 0 Å². The third kappa shape index (κ3) is 4.13. The first-order valence-electron chi connectivity index (χ1n) is 5.47. The van der Waals surface area contributed by atoms with E-state index in [0.717, 1.165) is 0 Å². The summed E-state index contributed by atoms with van der Waals surface area (Å²) < 4.78 is 0. The molecular formula is C10H15N3O5. The van der Waals surface area contributed by atoms with Crippen molar-refractivity contribution in [2.24, 2.45) is 0 Å². The summed E-state index contributed by atoms with van der Waals surface area (Å²) in [4.78, 5) is 43.9. The monoisotopic (exact) mass is 257 g/mol. The van der Waals surface area contributed by atoms with Crippen LogP contribution in [-0.4, -0.2) is 47.4 Å². The van der Waals surface area contributed by atoms with Crippen molar-refractivity contribution in [3.8, 4) is 0 Å². The van der Waals surface area contributed by atoms with Crippen molar-refractivity contribution in [3.63, 3.8) is 0 Å². The van der Waals surface area contributed by atoms with E-state index in [0.29, 0.717) is 6.42 Å². The SMILES string of the molecule is CC(=O)NC(CNC1CCC(=O)NC1=O)C(=O)O. The third-order valence-corrected chi connectivity index (χ3v) is 2.48. The van der Waals surface area contributed by atoms with Gasteiger partial charge in [0.2, 0.25) is 17.7 Å². The van der Waals surface area contributed by atoms with Crippen LogP contribution in [0.5, 0.6) is 0 Å². The number of carboxylic acids is 1. The van der Waals surface area contributed by atoms with Gasteiger partial charge in [-0.25, -0.2) is 4.79 Å². The molecule has 2 atom stereocenters. The van der Waals surface area contributed by atoms with Crippen LogP contribution in [0.25, 0.3) is 0 Å². The number of amides is 3. The lowest BCUT2D eigenvalue weighted by molar-refractivity contribution is -0.142. The maximum Gasteiger partial charge on any atom is 0.327 e. The highest BCUT2D eigenvalue weighted by atomic mass is 16.4. The molecule has 8 heteroatoms. The van der Waals surface area contributed by atoms with Gasteiger partial charge in [0.1, 0.15) is 6.04 Å². The molecule has 0 saturated carbocycles. The first-order valence-corrected chi connectivity index (χ1v) is 5.47. The Morgan fingerprint density at radius 1 is 1.50 bits per heavy atom. The topological polar surface area (TPSA) is 125 Å². The predicted octanol–water partition coefficient (Wildman–Crippen LogP) is -2.03. The van der Waals surface area contributed by atoms with Gasteiger partial charge in [0.15, 0.2) is 0 Å². The van der Waals surface area contributed by atoms with Crippen LogP contribution in [0.15, 0.2) is 0 Å². The zero-order valence-corrected chi connectivity index (χ0v) is 9.86. The normalized spacial score (nSPS) is 21.1. The van der Waals surface area contributed by atoms with E-state index < -0.39 is 29.9 Å². The van der Waals surface area contributed by atoms with Crippen LogP contribution in [0.3, 0.4) is 0 Å². The van der Waals surface area contributed by atoms with Gasteiger partial charge >= 0.3 is 5.97 Å². The van der Waals surface area contributed by atoms with Crippen LogP contribution in [-0.2, 0) is 19.2 Å². The van der Waals surface area contributed by atoms with Crippen LogP contribution in [0.2, 0.25) is 0 Å². The highest BCUT2D eigenvalue weighted by molar-refractivity contribution is 6.00. The minimum Gasteiger partial charge on any atom is -0.480 e. The van der Waals surface area contributed by atoms with Crippen LogP contribution in [0, 0.1) is 0 Å². The van der Waals surface area contributed by atoms with Gasteiger partial charge in [-0.2, -0.15) is 0 Å². The lowest BCUT2D eigenvalue weighted by atomic mass is 10.1. The van der Waals surface area contributed by atoms with Crippen molar-refractivity contribution in [1.82, 2.24) is 16.0 Å². The van der Waals surface area contributed by atoms with E-state index in [1.54, 1.807) is 0 Å². The van der Waals surface area contributed by atoms with Gasteiger partial charge in [-0.3, -0.25) is 19.7 Å². The smallest absolute Gasteiger partial charge is 0.327 e. The molecule has 4 N–H and O–H groups in total. The van der Waals surface area contributed by atoms with Gasteiger partial charge in [-0.05, 0) is 6.42 Å². The van der Waals surface area contributed by atoms with Crippen LogP contribution < -0.4 is 16.0 Å². The Bertz CT molecular complexity index is 382. The van der Waals surface area contributed by atoms with Gasteiger partial charge in [0, 0.05) is 19.9 Å². The van der Waals surface area contributed by atoms with E-state index in [4.69, 9.17) is 5.11 Å². The number of hydrogen-bond acceptors (Lipinski definition) is 5. The van der Waals surface area contributed by atoms with Gasteiger partial charge in [-0.15, -0.1) is 0 Å². The molecule has 0 aromatic rings. The highest BCUT2D eigenvalue weighted by Crippen LogP contribution is 2.04. The third-order valence-electron chi connectivity index (χ3n) is 2.48. The fourth-order valence-electron chi connectivity index (χ4n) is 1.59. The zero-order valence-electron chi connectivity index (χ0n) is 9.86. The Balaban J connectivity index is 2.47. The summed E-state index contributed by atoms with van der Waals surface area (Å²) in [6.07, 6.45) is 0.526. The number of carbonyl (C=O) groups is 4. The maximum absolute atomic E-state index is 11.4. The highest BCUT2D eigenvalue weighted by Gasteiger charge is 2.28. The molecule has 2 unspecified atom stereocenters. The molecule has 3 amide bonds.